The van der Waals surface area contributed by atoms with Crippen LogP contribution in [0.4, 0.5) is 13.2 Å². The number of halogens is 5. The highest BCUT2D eigenvalue weighted by Crippen LogP contribution is 2.35. The summed E-state index contributed by atoms with van der Waals surface area (Å²) in [4.78, 5) is 48.0. The Morgan fingerprint density at radius 1 is 1.00 bits per heavy atom. The molecule has 10 nitrogen and oxygen atoms in total. The molecule has 5 heterocycles. The van der Waals surface area contributed by atoms with E-state index in [2.05, 4.69) is 15.1 Å². The van der Waals surface area contributed by atoms with E-state index in [0.29, 0.717) is 10.2 Å². The molecule has 0 atom stereocenters. The molecule has 1 aliphatic heterocycles. The maximum absolute atomic E-state index is 14.0. The van der Waals surface area contributed by atoms with E-state index < -0.39 is 40.5 Å². The molecule has 1 aliphatic rings. The molecule has 1 amide bonds. The van der Waals surface area contributed by atoms with Crippen LogP contribution in [0.15, 0.2) is 46.4 Å². The van der Waals surface area contributed by atoms with Crippen LogP contribution in [0.25, 0.3) is 17.0 Å². The lowest BCUT2D eigenvalue weighted by molar-refractivity contribution is -0.143. The van der Waals surface area contributed by atoms with Gasteiger partial charge in [0.05, 0.1) is 27.3 Å². The van der Waals surface area contributed by atoms with E-state index in [9.17, 15) is 27.6 Å². The number of hydrogen-bond acceptors (Lipinski definition) is 6. The summed E-state index contributed by atoms with van der Waals surface area (Å²) < 4.78 is 45.1. The van der Waals surface area contributed by atoms with Crippen molar-refractivity contribution in [3.05, 3.63) is 78.8 Å². The average molecular weight is 568 g/mol. The molecule has 0 unspecified atom stereocenters. The van der Waals surface area contributed by atoms with Crippen LogP contribution in [0.2, 0.25) is 10.0 Å². The van der Waals surface area contributed by atoms with E-state index in [-0.39, 0.29) is 47.4 Å². The van der Waals surface area contributed by atoms with Crippen LogP contribution in [-0.4, -0.2) is 52.8 Å². The van der Waals surface area contributed by atoms with Crippen molar-refractivity contribution in [2.24, 2.45) is 7.05 Å². The molecule has 1 saturated heterocycles. The molecule has 198 valence electrons. The molecule has 0 saturated carbocycles. The highest BCUT2D eigenvalue weighted by molar-refractivity contribution is 6.31. The van der Waals surface area contributed by atoms with E-state index in [1.807, 2.05) is 0 Å². The van der Waals surface area contributed by atoms with Crippen molar-refractivity contribution >= 4 is 40.3 Å². The molecule has 4 aromatic rings. The Labute approximate surface area is 221 Å². The molecule has 0 radical (unpaired) electrons. The zero-order valence-electron chi connectivity index (χ0n) is 19.6. The first kappa shape index (κ1) is 25.9. The van der Waals surface area contributed by atoms with Crippen LogP contribution in [0.5, 0.6) is 0 Å². The predicted molar refractivity (Wildman–Crippen MR) is 132 cm³/mol. The van der Waals surface area contributed by atoms with Crippen molar-refractivity contribution in [2.45, 2.75) is 25.1 Å². The van der Waals surface area contributed by atoms with Gasteiger partial charge in [-0.3, -0.25) is 19.0 Å². The third kappa shape index (κ3) is 4.45. The number of aromatic nitrogens is 6. The largest absolute Gasteiger partial charge is 0.434 e. The Balaban J connectivity index is 1.44. The van der Waals surface area contributed by atoms with E-state index >= 15 is 0 Å². The fourth-order valence-electron chi connectivity index (χ4n) is 4.59. The smallest absolute Gasteiger partial charge is 0.338 e. The summed E-state index contributed by atoms with van der Waals surface area (Å²) in [6.07, 6.45) is -1.07. The second-order valence-electron chi connectivity index (χ2n) is 8.71. The van der Waals surface area contributed by atoms with Gasteiger partial charge in [-0.2, -0.15) is 18.3 Å². The van der Waals surface area contributed by atoms with Crippen molar-refractivity contribution in [2.75, 3.05) is 13.1 Å². The van der Waals surface area contributed by atoms with Gasteiger partial charge in [-0.25, -0.2) is 14.6 Å². The number of alkyl halides is 3. The van der Waals surface area contributed by atoms with Gasteiger partial charge in [-0.1, -0.05) is 23.2 Å². The number of amides is 1. The molecular formula is C23H18Cl2F3N7O3. The minimum atomic E-state index is -4.90. The van der Waals surface area contributed by atoms with Gasteiger partial charge in [0.15, 0.2) is 17.2 Å². The maximum Gasteiger partial charge on any atom is 0.434 e. The second kappa shape index (κ2) is 9.55. The number of carbonyl (C=O) groups is 1. The van der Waals surface area contributed by atoms with Crippen LogP contribution < -0.4 is 11.1 Å². The first-order chi connectivity index (χ1) is 18.0. The van der Waals surface area contributed by atoms with Crippen LogP contribution in [0.1, 0.15) is 34.9 Å². The third-order valence-electron chi connectivity index (χ3n) is 6.42. The van der Waals surface area contributed by atoms with Crippen molar-refractivity contribution in [3.8, 4) is 5.82 Å². The number of piperidine rings is 1. The lowest BCUT2D eigenvalue weighted by atomic mass is 10.0. The predicted octanol–water partition coefficient (Wildman–Crippen LogP) is 3.48. The Hall–Kier alpha value is -3.71. The molecule has 0 bridgehead atoms. The number of nitrogens with zero attached hydrogens (tertiary/aromatic N) is 7. The first-order valence-electron chi connectivity index (χ1n) is 11.3. The Kier molecular flexibility index (Phi) is 6.51. The summed E-state index contributed by atoms with van der Waals surface area (Å²) in [5.41, 5.74) is -2.82. The fourth-order valence-corrected chi connectivity index (χ4v) is 4.85. The molecule has 38 heavy (non-hydrogen) atoms. The normalized spacial score (nSPS) is 14.8. The van der Waals surface area contributed by atoms with Gasteiger partial charge in [-0.15, -0.1) is 0 Å². The third-order valence-corrected chi connectivity index (χ3v) is 6.85. The highest BCUT2D eigenvalue weighted by atomic mass is 35.5. The maximum atomic E-state index is 14.0. The number of carbonyl (C=O) groups excluding carboxylic acids is 1. The van der Waals surface area contributed by atoms with Crippen LogP contribution >= 0.6 is 23.2 Å². The molecule has 5 rings (SSSR count). The molecule has 0 N–H and O–H groups in total. The first-order valence-corrected chi connectivity index (χ1v) is 12.1. The van der Waals surface area contributed by atoms with Crippen LogP contribution in [-0.2, 0) is 13.2 Å². The van der Waals surface area contributed by atoms with E-state index in [1.54, 1.807) is 0 Å². The molecular weight excluding hydrogens is 550 g/mol. The summed E-state index contributed by atoms with van der Waals surface area (Å²) in [7, 11) is 1.44. The van der Waals surface area contributed by atoms with Gasteiger partial charge in [0.1, 0.15) is 0 Å². The number of rotatable bonds is 3. The summed E-state index contributed by atoms with van der Waals surface area (Å²) >= 11 is 11.8. The van der Waals surface area contributed by atoms with Crippen molar-refractivity contribution in [1.82, 2.24) is 33.8 Å². The molecule has 0 aliphatic carbocycles. The lowest BCUT2D eigenvalue weighted by Gasteiger charge is -2.33. The van der Waals surface area contributed by atoms with Crippen LogP contribution in [0, 0.1) is 0 Å². The number of fused-ring (bicyclic) bond motifs is 1. The average Bonchev–Trinajstić information content (AvgIpc) is 3.34. The number of hydrogen-bond donors (Lipinski definition) is 0. The Bertz CT molecular complexity index is 1670. The zero-order valence-corrected chi connectivity index (χ0v) is 21.1. The molecule has 4 aromatic heterocycles. The second-order valence-corrected chi connectivity index (χ2v) is 9.58. The van der Waals surface area contributed by atoms with E-state index in [0.717, 1.165) is 10.8 Å². The van der Waals surface area contributed by atoms with Crippen molar-refractivity contribution < 1.29 is 18.0 Å². The minimum absolute atomic E-state index is 0.0436. The number of pyridine rings is 2. The summed E-state index contributed by atoms with van der Waals surface area (Å²) in [5.74, 6) is -1.01. The molecule has 15 heteroatoms. The topological polar surface area (TPSA) is 108 Å². The van der Waals surface area contributed by atoms with Gasteiger partial charge in [0.2, 0.25) is 0 Å². The Morgan fingerprint density at radius 2 is 1.68 bits per heavy atom. The van der Waals surface area contributed by atoms with Gasteiger partial charge in [-0.05, 0) is 31.0 Å². The molecule has 0 spiro atoms. The Morgan fingerprint density at radius 3 is 2.32 bits per heavy atom. The summed E-state index contributed by atoms with van der Waals surface area (Å²) in [6.45, 7) is 0.0871. The lowest BCUT2D eigenvalue weighted by Crippen LogP contribution is -2.46. The minimum Gasteiger partial charge on any atom is -0.338 e. The van der Waals surface area contributed by atoms with Gasteiger partial charge < -0.3 is 9.47 Å². The quantitative estimate of drug-likeness (QED) is 0.351. The SMILES string of the molecule is Cn1c(=O)c(=O)n(C2CCN(C(=O)c3cnn(-c4ccc(Cl)cn4)c3C(F)(F)F)CC2)c2ncc(Cl)cc21. The standard InChI is InChI=1S/C23H18Cl2F3N7O3/c1-32-16-8-13(25)10-30-19(16)34(22(38)21(32)37)14-4-6-33(7-5-14)20(36)15-11-31-35(18(15)23(26,27)28)17-3-2-12(24)9-29-17/h2-3,8-11,14H,4-7H2,1H3. The van der Waals surface area contributed by atoms with Crippen LogP contribution in [0.3, 0.4) is 0 Å². The van der Waals surface area contributed by atoms with Gasteiger partial charge in [0.25, 0.3) is 5.91 Å². The molecule has 1 fully saturated rings. The summed E-state index contributed by atoms with van der Waals surface area (Å²) in [6, 6.07) is 3.65. The number of likely N-dealkylation sites (tertiary alicyclic amines) is 1. The monoisotopic (exact) mass is 567 g/mol. The van der Waals surface area contributed by atoms with Gasteiger partial charge in [0, 0.05) is 38.6 Å². The highest BCUT2D eigenvalue weighted by Gasteiger charge is 2.42. The van der Waals surface area contributed by atoms with Crippen molar-refractivity contribution in [3.63, 3.8) is 0 Å². The van der Waals surface area contributed by atoms with E-state index in [4.69, 9.17) is 23.2 Å². The fraction of sp³-hybridized carbons (Fsp3) is 0.304. The van der Waals surface area contributed by atoms with E-state index in [1.165, 1.54) is 47.1 Å². The zero-order chi connectivity index (χ0) is 27.4. The number of aryl methyl sites for hydroxylation is 1. The summed E-state index contributed by atoms with van der Waals surface area (Å²) in [5, 5.41) is 4.29. The van der Waals surface area contributed by atoms with Gasteiger partial charge >= 0.3 is 17.3 Å². The van der Waals surface area contributed by atoms with Crippen molar-refractivity contribution in [1.29, 1.82) is 0 Å². The molecule has 0 aromatic carbocycles.